The molecule has 1 unspecified atom stereocenters. The molecule has 2 aromatic heterocycles. The number of anilines is 2. The van der Waals surface area contributed by atoms with Crippen molar-refractivity contribution in [3.63, 3.8) is 0 Å². The maximum atomic E-state index is 5.33. The van der Waals surface area contributed by atoms with Crippen molar-refractivity contribution in [2.24, 2.45) is 0 Å². The van der Waals surface area contributed by atoms with Crippen LogP contribution in [0.1, 0.15) is 26.0 Å². The molecule has 2 aromatic rings. The van der Waals surface area contributed by atoms with E-state index in [2.05, 4.69) is 29.5 Å². The van der Waals surface area contributed by atoms with Crippen LogP contribution in [0.3, 0.4) is 0 Å². The first kappa shape index (κ1) is 13.5. The maximum Gasteiger partial charge on any atom is 0.128 e. The van der Waals surface area contributed by atoms with Crippen LogP contribution < -0.4 is 10.6 Å². The van der Waals surface area contributed by atoms with Crippen molar-refractivity contribution in [3.8, 4) is 0 Å². The predicted octanol–water partition coefficient (Wildman–Crippen LogP) is 3.54. The van der Waals surface area contributed by atoms with Crippen molar-refractivity contribution in [2.75, 3.05) is 17.2 Å². The summed E-state index contributed by atoms with van der Waals surface area (Å²) in [6, 6.07) is 10.3. The first-order valence-electron chi connectivity index (χ1n) is 6.77. The molecule has 1 atom stereocenters. The number of pyridine rings is 1. The number of hydrogen-bond donors (Lipinski definition) is 2. The Bertz CT molecular complexity index is 482. The number of nitrogens with one attached hydrogen (secondary N) is 2. The molecule has 2 heterocycles. The number of rotatable bonds is 7. The van der Waals surface area contributed by atoms with E-state index in [0.29, 0.717) is 6.04 Å². The Morgan fingerprint density at radius 3 is 2.79 bits per heavy atom. The fourth-order valence-electron chi connectivity index (χ4n) is 1.93. The molecule has 0 saturated heterocycles. The number of aromatic nitrogens is 1. The number of furan rings is 1. The summed E-state index contributed by atoms with van der Waals surface area (Å²) < 4.78 is 5.33. The second-order valence-corrected chi connectivity index (χ2v) is 4.60. The van der Waals surface area contributed by atoms with E-state index >= 15 is 0 Å². The minimum atomic E-state index is 0.356. The number of aryl methyl sites for hydroxylation is 1. The zero-order chi connectivity index (χ0) is 13.5. The molecule has 0 radical (unpaired) electrons. The second-order valence-electron chi connectivity index (χ2n) is 4.60. The summed E-state index contributed by atoms with van der Waals surface area (Å²) in [7, 11) is 0. The molecule has 0 aliphatic heterocycles. The summed E-state index contributed by atoms with van der Waals surface area (Å²) in [6.07, 6.45) is 3.67. The molecule has 0 bridgehead atoms. The summed E-state index contributed by atoms with van der Waals surface area (Å²) in [4.78, 5) is 4.50. The quantitative estimate of drug-likeness (QED) is 0.798. The van der Waals surface area contributed by atoms with Crippen LogP contribution in [0.4, 0.5) is 11.6 Å². The van der Waals surface area contributed by atoms with Crippen molar-refractivity contribution in [1.82, 2.24) is 4.98 Å². The molecule has 4 heteroatoms. The summed E-state index contributed by atoms with van der Waals surface area (Å²) in [5.74, 6) is 2.85. The average Bonchev–Trinajstić information content (AvgIpc) is 2.90. The van der Waals surface area contributed by atoms with Gasteiger partial charge in [-0.2, -0.15) is 0 Å². The van der Waals surface area contributed by atoms with E-state index in [4.69, 9.17) is 4.42 Å². The maximum absolute atomic E-state index is 5.33. The summed E-state index contributed by atoms with van der Waals surface area (Å²) >= 11 is 0. The van der Waals surface area contributed by atoms with Crippen LogP contribution in [0.15, 0.2) is 41.0 Å². The Kier molecular flexibility index (Phi) is 4.84. The van der Waals surface area contributed by atoms with Gasteiger partial charge < -0.3 is 15.1 Å². The molecule has 0 amide bonds. The highest BCUT2D eigenvalue weighted by Crippen LogP contribution is 2.12. The van der Waals surface area contributed by atoms with Crippen LogP contribution >= 0.6 is 0 Å². The molecular formula is C15H21N3O. The third-order valence-corrected chi connectivity index (χ3v) is 2.91. The minimum absolute atomic E-state index is 0.356. The van der Waals surface area contributed by atoms with Gasteiger partial charge in [-0.1, -0.05) is 6.07 Å². The molecule has 102 valence electrons. The first-order valence-corrected chi connectivity index (χ1v) is 6.77. The summed E-state index contributed by atoms with van der Waals surface area (Å²) in [5.41, 5.74) is 0. The minimum Gasteiger partial charge on any atom is -0.469 e. The van der Waals surface area contributed by atoms with E-state index in [1.54, 1.807) is 6.26 Å². The molecule has 4 nitrogen and oxygen atoms in total. The van der Waals surface area contributed by atoms with E-state index in [9.17, 15) is 0 Å². The van der Waals surface area contributed by atoms with Gasteiger partial charge in [-0.15, -0.1) is 0 Å². The van der Waals surface area contributed by atoms with Crippen molar-refractivity contribution < 1.29 is 4.42 Å². The monoisotopic (exact) mass is 259 g/mol. The predicted molar refractivity (Wildman–Crippen MR) is 78.5 cm³/mol. The third-order valence-electron chi connectivity index (χ3n) is 2.91. The molecule has 0 saturated carbocycles. The largest absolute Gasteiger partial charge is 0.469 e. The lowest BCUT2D eigenvalue weighted by molar-refractivity contribution is 0.495. The zero-order valence-corrected chi connectivity index (χ0v) is 11.5. The lowest BCUT2D eigenvalue weighted by Crippen LogP contribution is -2.17. The van der Waals surface area contributed by atoms with Crippen molar-refractivity contribution in [2.45, 2.75) is 32.7 Å². The molecule has 19 heavy (non-hydrogen) atoms. The van der Waals surface area contributed by atoms with Crippen LogP contribution in [0.25, 0.3) is 0 Å². The molecule has 2 N–H and O–H groups in total. The van der Waals surface area contributed by atoms with E-state index < -0.39 is 0 Å². The normalized spacial score (nSPS) is 12.1. The van der Waals surface area contributed by atoms with Gasteiger partial charge in [0.15, 0.2) is 0 Å². The lowest BCUT2D eigenvalue weighted by Gasteiger charge is -2.14. The highest BCUT2D eigenvalue weighted by molar-refractivity contribution is 5.45. The molecule has 0 fully saturated rings. The van der Waals surface area contributed by atoms with Crippen molar-refractivity contribution >= 4 is 11.6 Å². The topological polar surface area (TPSA) is 50.1 Å². The van der Waals surface area contributed by atoms with E-state index in [-0.39, 0.29) is 0 Å². The lowest BCUT2D eigenvalue weighted by atomic mass is 10.1. The van der Waals surface area contributed by atoms with Crippen molar-refractivity contribution in [1.29, 1.82) is 0 Å². The van der Waals surface area contributed by atoms with Gasteiger partial charge >= 0.3 is 0 Å². The first-order chi connectivity index (χ1) is 9.28. The SMILES string of the molecule is CCNc1cccc(NC(C)CCc2ccco2)n1. The van der Waals surface area contributed by atoms with Gasteiger partial charge in [0, 0.05) is 19.0 Å². The van der Waals surface area contributed by atoms with Crippen LogP contribution in [0.5, 0.6) is 0 Å². The van der Waals surface area contributed by atoms with E-state index in [1.807, 2.05) is 30.3 Å². The zero-order valence-electron chi connectivity index (χ0n) is 11.5. The van der Waals surface area contributed by atoms with Crippen LogP contribution in [0.2, 0.25) is 0 Å². The Hall–Kier alpha value is -1.97. The van der Waals surface area contributed by atoms with Gasteiger partial charge in [0.1, 0.15) is 17.4 Å². The molecule has 0 aliphatic carbocycles. The Balaban J connectivity index is 1.84. The Morgan fingerprint density at radius 2 is 2.05 bits per heavy atom. The van der Waals surface area contributed by atoms with Gasteiger partial charge in [0.05, 0.1) is 6.26 Å². The molecular weight excluding hydrogens is 238 g/mol. The van der Waals surface area contributed by atoms with E-state index in [1.165, 1.54) is 0 Å². The Labute approximate surface area is 114 Å². The van der Waals surface area contributed by atoms with Gasteiger partial charge in [0.25, 0.3) is 0 Å². The number of nitrogens with zero attached hydrogens (tertiary/aromatic N) is 1. The molecule has 0 aromatic carbocycles. The van der Waals surface area contributed by atoms with Crippen LogP contribution in [-0.2, 0) is 6.42 Å². The van der Waals surface area contributed by atoms with E-state index in [0.717, 1.165) is 36.8 Å². The number of hydrogen-bond acceptors (Lipinski definition) is 4. The van der Waals surface area contributed by atoms with Gasteiger partial charge in [0.2, 0.25) is 0 Å². The fourth-order valence-corrected chi connectivity index (χ4v) is 1.93. The van der Waals surface area contributed by atoms with Crippen LogP contribution in [0, 0.1) is 0 Å². The standard InChI is InChI=1S/C15H21N3O/c1-3-16-14-7-4-8-15(18-14)17-12(2)9-10-13-6-5-11-19-13/h4-8,11-12H,3,9-10H2,1-2H3,(H2,16,17,18). The third kappa shape index (κ3) is 4.32. The summed E-state index contributed by atoms with van der Waals surface area (Å²) in [5, 5.41) is 6.62. The highest BCUT2D eigenvalue weighted by Gasteiger charge is 2.05. The summed E-state index contributed by atoms with van der Waals surface area (Å²) in [6.45, 7) is 5.10. The molecule has 0 aliphatic rings. The van der Waals surface area contributed by atoms with Crippen LogP contribution in [-0.4, -0.2) is 17.6 Å². The highest BCUT2D eigenvalue weighted by atomic mass is 16.3. The Morgan fingerprint density at radius 1 is 1.21 bits per heavy atom. The average molecular weight is 259 g/mol. The van der Waals surface area contributed by atoms with Gasteiger partial charge in [-0.05, 0) is 44.5 Å². The smallest absolute Gasteiger partial charge is 0.128 e. The molecule has 2 rings (SSSR count). The van der Waals surface area contributed by atoms with Crippen molar-refractivity contribution in [3.05, 3.63) is 42.4 Å². The van der Waals surface area contributed by atoms with Gasteiger partial charge in [-0.3, -0.25) is 0 Å². The molecule has 0 spiro atoms. The van der Waals surface area contributed by atoms with Gasteiger partial charge in [-0.25, -0.2) is 4.98 Å². The second kappa shape index (κ2) is 6.83. The fraction of sp³-hybridized carbons (Fsp3) is 0.400.